The van der Waals surface area contributed by atoms with Crippen LogP contribution in [0, 0.1) is 0 Å². The van der Waals surface area contributed by atoms with E-state index >= 15 is 0 Å². The first-order valence-electron chi connectivity index (χ1n) is 6.32. The van der Waals surface area contributed by atoms with Gasteiger partial charge in [0.05, 0.1) is 7.11 Å². The first-order chi connectivity index (χ1) is 9.85. The second-order valence-electron chi connectivity index (χ2n) is 4.45. The van der Waals surface area contributed by atoms with E-state index in [0.29, 0.717) is 5.56 Å². The average molecular weight is 297 g/mol. The fraction of sp³-hybridized carbons (Fsp3) is 0.429. The zero-order valence-corrected chi connectivity index (χ0v) is 12.1. The number of aliphatic hydroxyl groups excluding tert-OH is 2. The molecule has 7 heteroatoms. The molecule has 0 radical (unpaired) electrons. The third-order valence-corrected chi connectivity index (χ3v) is 2.71. The highest BCUT2D eigenvalue weighted by atomic mass is 16.6. The zero-order chi connectivity index (χ0) is 16.0. The van der Waals surface area contributed by atoms with Crippen LogP contribution in [0.3, 0.4) is 0 Å². The van der Waals surface area contributed by atoms with Crippen molar-refractivity contribution in [3.8, 4) is 11.5 Å². The Morgan fingerprint density at radius 2 is 1.90 bits per heavy atom. The summed E-state index contributed by atoms with van der Waals surface area (Å²) < 4.78 is 10.0. The van der Waals surface area contributed by atoms with Gasteiger partial charge in [0.15, 0.2) is 11.5 Å². The number of esters is 1. The van der Waals surface area contributed by atoms with Crippen LogP contribution in [0.2, 0.25) is 0 Å². The second-order valence-corrected chi connectivity index (χ2v) is 4.45. The van der Waals surface area contributed by atoms with Gasteiger partial charge in [-0.2, -0.15) is 0 Å². The molecule has 21 heavy (non-hydrogen) atoms. The van der Waals surface area contributed by atoms with Gasteiger partial charge in [0.1, 0.15) is 12.2 Å². The molecule has 0 aliphatic rings. The van der Waals surface area contributed by atoms with E-state index in [1.165, 1.54) is 39.2 Å². The number of hydrogen-bond donors (Lipinski definition) is 3. The average Bonchev–Trinajstić information content (AvgIpc) is 2.43. The summed E-state index contributed by atoms with van der Waals surface area (Å²) in [6.45, 7) is 2.50. The topological polar surface area (TPSA) is 105 Å². The molecular formula is C14H19NO6. The minimum Gasteiger partial charge on any atom is -0.493 e. The van der Waals surface area contributed by atoms with Gasteiger partial charge >= 0.3 is 5.97 Å². The molecular weight excluding hydrogens is 278 g/mol. The first kappa shape index (κ1) is 16.9. The molecule has 7 nitrogen and oxygen atoms in total. The van der Waals surface area contributed by atoms with Crippen molar-refractivity contribution in [2.75, 3.05) is 13.7 Å². The summed E-state index contributed by atoms with van der Waals surface area (Å²) in [4.78, 5) is 21.7. The van der Waals surface area contributed by atoms with Crippen LogP contribution in [0.25, 0.3) is 0 Å². The molecule has 0 heterocycles. The number of ether oxygens (including phenoxy) is 2. The number of nitrogens with one attached hydrogen (secondary N) is 1. The van der Waals surface area contributed by atoms with E-state index < -0.39 is 18.2 Å². The van der Waals surface area contributed by atoms with Gasteiger partial charge < -0.3 is 25.0 Å². The molecule has 0 aliphatic heterocycles. The largest absolute Gasteiger partial charge is 0.493 e. The molecule has 0 spiro atoms. The molecule has 0 saturated carbocycles. The number of methoxy groups -OCH3 is 1. The number of aliphatic hydroxyl groups is 2. The maximum absolute atomic E-state index is 10.9. The van der Waals surface area contributed by atoms with Gasteiger partial charge in [0.2, 0.25) is 5.91 Å². The van der Waals surface area contributed by atoms with Crippen molar-refractivity contribution in [2.24, 2.45) is 0 Å². The molecule has 2 unspecified atom stereocenters. The Morgan fingerprint density at radius 3 is 2.43 bits per heavy atom. The van der Waals surface area contributed by atoms with E-state index in [1.54, 1.807) is 0 Å². The Bertz CT molecular complexity index is 516. The van der Waals surface area contributed by atoms with Crippen LogP contribution in [0.4, 0.5) is 0 Å². The van der Waals surface area contributed by atoms with Crippen LogP contribution >= 0.6 is 0 Å². The van der Waals surface area contributed by atoms with E-state index in [0.717, 1.165) is 0 Å². The van der Waals surface area contributed by atoms with Crippen molar-refractivity contribution in [1.82, 2.24) is 5.32 Å². The first-order valence-corrected chi connectivity index (χ1v) is 6.32. The van der Waals surface area contributed by atoms with E-state index in [2.05, 4.69) is 5.32 Å². The number of rotatable bonds is 6. The minimum atomic E-state index is -1.21. The molecule has 1 rings (SSSR count). The third-order valence-electron chi connectivity index (χ3n) is 2.71. The number of amides is 1. The van der Waals surface area contributed by atoms with Crippen LogP contribution < -0.4 is 14.8 Å². The van der Waals surface area contributed by atoms with Crippen molar-refractivity contribution in [3.05, 3.63) is 23.8 Å². The molecule has 3 N–H and O–H groups in total. The van der Waals surface area contributed by atoms with Gasteiger partial charge in [-0.1, -0.05) is 6.07 Å². The van der Waals surface area contributed by atoms with Crippen molar-refractivity contribution >= 4 is 11.9 Å². The summed E-state index contributed by atoms with van der Waals surface area (Å²) in [7, 11) is 1.40. The lowest BCUT2D eigenvalue weighted by Crippen LogP contribution is -2.34. The van der Waals surface area contributed by atoms with Crippen molar-refractivity contribution in [3.63, 3.8) is 0 Å². The molecule has 2 atom stereocenters. The van der Waals surface area contributed by atoms with Gasteiger partial charge in [0, 0.05) is 20.4 Å². The van der Waals surface area contributed by atoms with Gasteiger partial charge in [0.25, 0.3) is 0 Å². The molecule has 0 aromatic heterocycles. The third kappa shape index (κ3) is 5.05. The van der Waals surface area contributed by atoms with Crippen LogP contribution in [0.1, 0.15) is 25.5 Å². The SMILES string of the molecule is COc1cc(C(O)C(O)CNC(C)=O)ccc1OC(C)=O. The van der Waals surface area contributed by atoms with Crippen LogP contribution in [0.15, 0.2) is 18.2 Å². The van der Waals surface area contributed by atoms with E-state index in [9.17, 15) is 19.8 Å². The Kier molecular flexibility index (Phi) is 6.13. The molecule has 116 valence electrons. The fourth-order valence-electron chi connectivity index (χ4n) is 1.69. The number of benzene rings is 1. The normalized spacial score (nSPS) is 13.2. The van der Waals surface area contributed by atoms with E-state index in [1.807, 2.05) is 0 Å². The molecule has 1 amide bonds. The van der Waals surface area contributed by atoms with Gasteiger partial charge in [-0.05, 0) is 17.7 Å². The lowest BCUT2D eigenvalue weighted by Gasteiger charge is -2.19. The van der Waals surface area contributed by atoms with Gasteiger partial charge in [-0.3, -0.25) is 9.59 Å². The summed E-state index contributed by atoms with van der Waals surface area (Å²) in [5.74, 6) is -0.317. The van der Waals surface area contributed by atoms with Crippen LogP contribution in [-0.4, -0.2) is 41.8 Å². The number of hydrogen-bond acceptors (Lipinski definition) is 6. The highest BCUT2D eigenvalue weighted by molar-refractivity contribution is 5.72. The second kappa shape index (κ2) is 7.61. The van der Waals surface area contributed by atoms with Crippen molar-refractivity contribution < 1.29 is 29.3 Å². The highest BCUT2D eigenvalue weighted by Gasteiger charge is 2.20. The van der Waals surface area contributed by atoms with E-state index in [-0.39, 0.29) is 24.0 Å². The molecule has 0 bridgehead atoms. The lowest BCUT2D eigenvalue weighted by molar-refractivity contribution is -0.132. The number of carbonyl (C=O) groups is 2. The summed E-state index contributed by atoms with van der Waals surface area (Å²) in [6.07, 6.45) is -2.38. The predicted octanol–water partition coefficient (Wildman–Crippen LogP) is 0.151. The van der Waals surface area contributed by atoms with Gasteiger partial charge in [-0.15, -0.1) is 0 Å². The Hall–Kier alpha value is -2.12. The van der Waals surface area contributed by atoms with Gasteiger partial charge in [-0.25, -0.2) is 0 Å². The maximum Gasteiger partial charge on any atom is 0.308 e. The Morgan fingerprint density at radius 1 is 1.24 bits per heavy atom. The Labute approximate surface area is 122 Å². The minimum absolute atomic E-state index is 0.0789. The smallest absolute Gasteiger partial charge is 0.308 e. The summed E-state index contributed by atoms with van der Waals surface area (Å²) >= 11 is 0. The van der Waals surface area contributed by atoms with Crippen LogP contribution in [-0.2, 0) is 9.59 Å². The van der Waals surface area contributed by atoms with Crippen molar-refractivity contribution in [1.29, 1.82) is 0 Å². The number of carbonyl (C=O) groups excluding carboxylic acids is 2. The molecule has 0 saturated heterocycles. The summed E-state index contributed by atoms with van der Waals surface area (Å²) in [6, 6.07) is 4.42. The zero-order valence-electron chi connectivity index (χ0n) is 12.1. The predicted molar refractivity (Wildman–Crippen MR) is 74.0 cm³/mol. The standard InChI is InChI=1S/C14H19NO6/c1-8(16)15-7-11(18)14(19)10-4-5-12(21-9(2)17)13(6-10)20-3/h4-6,11,14,18-19H,7H2,1-3H3,(H,15,16). The summed E-state index contributed by atoms with van der Waals surface area (Å²) in [5.41, 5.74) is 0.376. The fourth-order valence-corrected chi connectivity index (χ4v) is 1.69. The highest BCUT2D eigenvalue weighted by Crippen LogP contribution is 2.31. The molecule has 1 aromatic carbocycles. The summed E-state index contributed by atoms with van der Waals surface area (Å²) in [5, 5.41) is 22.2. The van der Waals surface area contributed by atoms with Crippen LogP contribution in [0.5, 0.6) is 11.5 Å². The maximum atomic E-state index is 10.9. The monoisotopic (exact) mass is 297 g/mol. The molecule has 0 aliphatic carbocycles. The quantitative estimate of drug-likeness (QED) is 0.510. The lowest BCUT2D eigenvalue weighted by atomic mass is 10.0. The molecule has 1 aromatic rings. The van der Waals surface area contributed by atoms with Crippen molar-refractivity contribution in [2.45, 2.75) is 26.1 Å². The van der Waals surface area contributed by atoms with E-state index in [4.69, 9.17) is 9.47 Å². The molecule has 0 fully saturated rings. The Balaban J connectivity index is 2.87.